The van der Waals surface area contributed by atoms with E-state index >= 15 is 0 Å². The molecular weight excluding hydrogens is 504 g/mol. The molecule has 0 bridgehead atoms. The van der Waals surface area contributed by atoms with Crippen molar-refractivity contribution in [2.45, 2.75) is 12.1 Å². The zero-order valence-electron chi connectivity index (χ0n) is 21.0. The molecule has 196 valence electrons. The van der Waals surface area contributed by atoms with Gasteiger partial charge in [-0.2, -0.15) is 0 Å². The summed E-state index contributed by atoms with van der Waals surface area (Å²) in [6.45, 7) is 8.84. The summed E-state index contributed by atoms with van der Waals surface area (Å²) >= 11 is 0. The molecule has 0 N–H and O–H groups in total. The average molecular weight is 528 g/mol. The minimum Gasteiger partial charge on any atom is -0.460 e. The van der Waals surface area contributed by atoms with Crippen LogP contribution in [0.4, 0.5) is 20.3 Å². The Hall–Kier alpha value is -4.62. The number of carbonyl (C=O) groups excluding carboxylic acids is 1. The van der Waals surface area contributed by atoms with E-state index in [1.54, 1.807) is 43.4 Å². The number of halogens is 2. The minimum atomic E-state index is -0.725. The van der Waals surface area contributed by atoms with Crippen molar-refractivity contribution in [1.29, 1.82) is 0 Å². The zero-order chi connectivity index (χ0) is 27.3. The number of esters is 1. The largest absolute Gasteiger partial charge is 0.460 e. The fourth-order valence-electron chi connectivity index (χ4n) is 5.61. The Morgan fingerprint density at radius 1 is 0.974 bits per heavy atom. The number of fused-ring (bicyclic) bond motifs is 5. The number of ether oxygens (including phenoxy) is 1. The number of cyclic esters (lactones) is 1. The van der Waals surface area contributed by atoms with E-state index in [1.807, 2.05) is 4.90 Å². The molecule has 8 nitrogen and oxygen atoms in total. The molecule has 2 aromatic carbocycles. The van der Waals surface area contributed by atoms with Crippen LogP contribution in [-0.4, -0.2) is 52.7 Å². The summed E-state index contributed by atoms with van der Waals surface area (Å²) in [6.07, 6.45) is 0. The quantitative estimate of drug-likeness (QED) is 0.294. The Kier molecular flexibility index (Phi) is 6.08. The van der Waals surface area contributed by atoms with E-state index in [0.717, 1.165) is 11.1 Å². The first-order valence-corrected chi connectivity index (χ1v) is 12.5. The van der Waals surface area contributed by atoms with Gasteiger partial charge in [-0.3, -0.25) is 9.69 Å². The lowest BCUT2D eigenvalue weighted by Gasteiger charge is -2.44. The van der Waals surface area contributed by atoms with Crippen LogP contribution in [0.1, 0.15) is 27.5 Å². The predicted molar refractivity (Wildman–Crippen MR) is 141 cm³/mol. The van der Waals surface area contributed by atoms with Crippen molar-refractivity contribution in [2.75, 3.05) is 31.1 Å². The molecule has 1 saturated heterocycles. The third-order valence-corrected chi connectivity index (χ3v) is 7.46. The molecule has 0 unspecified atom stereocenters. The Bertz CT molecular complexity index is 1650. The van der Waals surface area contributed by atoms with Gasteiger partial charge in [-0.25, -0.2) is 13.6 Å². The first-order chi connectivity index (χ1) is 18.9. The maximum Gasteiger partial charge on any atom is 0.346 e. The van der Waals surface area contributed by atoms with Gasteiger partial charge in [0.2, 0.25) is 5.52 Å². The fourth-order valence-corrected chi connectivity index (χ4v) is 5.61. The van der Waals surface area contributed by atoms with Gasteiger partial charge in [0, 0.05) is 26.7 Å². The Morgan fingerprint density at radius 3 is 2.23 bits per heavy atom. The Balaban J connectivity index is 1.45. The summed E-state index contributed by atoms with van der Waals surface area (Å²) in [7, 11) is 1.56. The SMILES string of the molecule is [C-]#[N+]c1ccc2c(n1)c1c(c(=O)n2C)C(=O)OC[C@@H]2CN(C(c3ccc(F)cc3)c3ccc(F)cc3)CCN12. The molecule has 1 fully saturated rings. The number of piperazine rings is 1. The number of nitrogens with zero attached hydrogens (tertiary/aromatic N) is 5. The van der Waals surface area contributed by atoms with E-state index in [1.165, 1.54) is 28.8 Å². The second kappa shape index (κ2) is 9.60. The minimum absolute atomic E-state index is 0.0384. The van der Waals surface area contributed by atoms with Gasteiger partial charge < -0.3 is 19.0 Å². The molecule has 0 aliphatic carbocycles. The van der Waals surface area contributed by atoms with Gasteiger partial charge in [-0.1, -0.05) is 30.8 Å². The Labute approximate surface area is 222 Å². The number of pyridine rings is 2. The van der Waals surface area contributed by atoms with Crippen LogP contribution >= 0.6 is 0 Å². The van der Waals surface area contributed by atoms with Crippen molar-refractivity contribution in [3.8, 4) is 0 Å². The van der Waals surface area contributed by atoms with Crippen molar-refractivity contribution in [1.82, 2.24) is 14.5 Å². The lowest BCUT2D eigenvalue weighted by atomic mass is 9.95. The third-order valence-electron chi connectivity index (χ3n) is 7.46. The molecule has 0 amide bonds. The normalized spacial score (nSPS) is 17.4. The second-order valence-electron chi connectivity index (χ2n) is 9.68. The first kappa shape index (κ1) is 24.7. The number of aromatic nitrogens is 2. The molecule has 4 aromatic rings. The maximum atomic E-state index is 13.8. The Morgan fingerprint density at radius 2 is 1.62 bits per heavy atom. The number of aryl methyl sites for hydroxylation is 1. The third kappa shape index (κ3) is 4.21. The molecule has 4 heterocycles. The molecule has 0 saturated carbocycles. The summed E-state index contributed by atoms with van der Waals surface area (Å²) in [5.41, 5.74) is 2.38. The van der Waals surface area contributed by atoms with E-state index < -0.39 is 11.5 Å². The van der Waals surface area contributed by atoms with Crippen molar-refractivity contribution < 1.29 is 18.3 Å². The number of carbonyl (C=O) groups is 1. The topological polar surface area (TPSA) is 72.0 Å². The van der Waals surface area contributed by atoms with Crippen molar-refractivity contribution >= 4 is 28.5 Å². The van der Waals surface area contributed by atoms with Crippen LogP contribution in [0.25, 0.3) is 15.9 Å². The van der Waals surface area contributed by atoms with Crippen LogP contribution in [0.2, 0.25) is 0 Å². The van der Waals surface area contributed by atoms with E-state index in [4.69, 9.17) is 11.3 Å². The van der Waals surface area contributed by atoms with E-state index in [-0.39, 0.29) is 41.7 Å². The highest BCUT2D eigenvalue weighted by atomic mass is 19.1. The summed E-state index contributed by atoms with van der Waals surface area (Å²) in [6, 6.07) is 15.0. The van der Waals surface area contributed by atoms with Crippen LogP contribution in [0.5, 0.6) is 0 Å². The monoisotopic (exact) mass is 527 g/mol. The van der Waals surface area contributed by atoms with Crippen LogP contribution in [0.15, 0.2) is 65.5 Å². The highest BCUT2D eigenvalue weighted by Crippen LogP contribution is 2.37. The second-order valence-corrected chi connectivity index (χ2v) is 9.68. The smallest absolute Gasteiger partial charge is 0.346 e. The lowest BCUT2D eigenvalue weighted by Crippen LogP contribution is -2.55. The molecule has 1 atom stereocenters. The van der Waals surface area contributed by atoms with Crippen molar-refractivity contribution in [3.05, 3.63) is 111 Å². The van der Waals surface area contributed by atoms with Crippen molar-refractivity contribution in [2.24, 2.45) is 7.05 Å². The molecule has 10 heteroatoms. The number of rotatable bonds is 3. The highest BCUT2D eigenvalue weighted by molar-refractivity contribution is 6.05. The van der Waals surface area contributed by atoms with Gasteiger partial charge in [0.1, 0.15) is 23.9 Å². The molecule has 39 heavy (non-hydrogen) atoms. The van der Waals surface area contributed by atoms with Crippen LogP contribution < -0.4 is 10.5 Å². The van der Waals surface area contributed by atoms with Crippen LogP contribution in [0, 0.1) is 18.2 Å². The molecule has 0 spiro atoms. The van der Waals surface area contributed by atoms with Gasteiger partial charge in [0.15, 0.2) is 5.56 Å². The van der Waals surface area contributed by atoms with Gasteiger partial charge >= 0.3 is 5.97 Å². The first-order valence-electron chi connectivity index (χ1n) is 12.5. The van der Waals surface area contributed by atoms with E-state index in [2.05, 4.69) is 14.7 Å². The predicted octanol–water partition coefficient (Wildman–Crippen LogP) is 4.21. The molecule has 6 rings (SSSR count). The molecule has 2 aliphatic rings. The zero-order valence-corrected chi connectivity index (χ0v) is 21.0. The molecular formula is C29H23F2N5O3. The summed E-state index contributed by atoms with van der Waals surface area (Å²) in [5.74, 6) is -1.28. The summed E-state index contributed by atoms with van der Waals surface area (Å²) < 4.78 is 34.5. The van der Waals surface area contributed by atoms with Gasteiger partial charge in [0.05, 0.1) is 17.6 Å². The van der Waals surface area contributed by atoms with E-state index in [9.17, 15) is 18.4 Å². The standard InChI is InChI=1S/C29H23F2N5O3/c1-32-23-12-11-22-25(33-23)27-24(28(37)34(22)2)29(38)39-16-21-15-35(13-14-36(21)27)26(17-3-7-19(30)8-4-17)18-5-9-20(31)10-6-18/h3-12,21,26H,13-16H2,2H3/t21-/m0/s1. The number of hydrogen-bond donors (Lipinski definition) is 0. The van der Waals surface area contributed by atoms with Crippen molar-refractivity contribution in [3.63, 3.8) is 0 Å². The molecule has 2 aromatic heterocycles. The van der Waals surface area contributed by atoms with Gasteiger partial charge in [-0.15, -0.1) is 4.98 Å². The van der Waals surface area contributed by atoms with Gasteiger partial charge in [0.25, 0.3) is 11.4 Å². The number of hydrogen-bond acceptors (Lipinski definition) is 6. The fraction of sp³-hybridized carbons (Fsp3) is 0.241. The number of benzene rings is 2. The summed E-state index contributed by atoms with van der Waals surface area (Å²) in [4.78, 5) is 38.5. The van der Waals surface area contributed by atoms with Crippen LogP contribution in [-0.2, 0) is 11.8 Å². The summed E-state index contributed by atoms with van der Waals surface area (Å²) in [5, 5.41) is 0. The highest BCUT2D eigenvalue weighted by Gasteiger charge is 2.40. The molecule has 2 aliphatic heterocycles. The lowest BCUT2D eigenvalue weighted by molar-refractivity contribution is 0.0451. The number of anilines is 1. The van der Waals surface area contributed by atoms with E-state index in [0.29, 0.717) is 36.4 Å². The van der Waals surface area contributed by atoms with Crippen LogP contribution in [0.3, 0.4) is 0 Å². The van der Waals surface area contributed by atoms with Gasteiger partial charge in [-0.05, 0) is 47.5 Å². The average Bonchev–Trinajstić information content (AvgIpc) is 3.10. The molecule has 0 radical (unpaired) electrons. The maximum absolute atomic E-state index is 13.8.